The number of carbonyl (C=O) groups excluding carboxylic acids is 3. The predicted molar refractivity (Wildman–Crippen MR) is 125 cm³/mol. The molecule has 0 spiro atoms. The van der Waals surface area contributed by atoms with E-state index in [9.17, 15) is 14.4 Å². The molecule has 0 aliphatic carbocycles. The fourth-order valence-electron chi connectivity index (χ4n) is 3.52. The average Bonchev–Trinajstić information content (AvgIpc) is 3.21. The molecule has 2 aromatic rings. The van der Waals surface area contributed by atoms with Gasteiger partial charge in [-0.15, -0.1) is 0 Å². The lowest BCUT2D eigenvalue weighted by molar-refractivity contribution is -0.126. The molecule has 0 saturated heterocycles. The standard InChI is InChI=1S/C25H30N2O6/c1-15(22(28)27-12-11-16-9-7-8-10-19(16)27)33-23(29)17-13-20(31-5)21(32-6)14-18(17)26-24(30)25(2,3)4/h7-10,13-15H,11-12H2,1-6H3,(H,26,30)/t15-/m1/s1. The lowest BCUT2D eigenvalue weighted by Crippen LogP contribution is -2.39. The minimum Gasteiger partial charge on any atom is -0.493 e. The van der Waals surface area contributed by atoms with Gasteiger partial charge >= 0.3 is 5.97 Å². The summed E-state index contributed by atoms with van der Waals surface area (Å²) in [6, 6.07) is 10.6. The number of esters is 1. The lowest BCUT2D eigenvalue weighted by atomic mass is 9.95. The number of hydrogen-bond donors (Lipinski definition) is 1. The van der Waals surface area contributed by atoms with Gasteiger partial charge < -0.3 is 24.4 Å². The van der Waals surface area contributed by atoms with E-state index < -0.39 is 17.5 Å². The van der Waals surface area contributed by atoms with Gasteiger partial charge in [-0.2, -0.15) is 0 Å². The molecule has 8 nitrogen and oxygen atoms in total. The molecule has 0 saturated carbocycles. The molecule has 2 aromatic carbocycles. The summed E-state index contributed by atoms with van der Waals surface area (Å²) in [5.74, 6) is -0.717. The first kappa shape index (κ1) is 24.1. The summed E-state index contributed by atoms with van der Waals surface area (Å²) in [7, 11) is 2.90. The topological polar surface area (TPSA) is 94.2 Å². The first-order chi connectivity index (χ1) is 15.6. The van der Waals surface area contributed by atoms with Crippen molar-refractivity contribution in [3.8, 4) is 11.5 Å². The summed E-state index contributed by atoms with van der Waals surface area (Å²) in [5, 5.41) is 2.76. The molecular formula is C25H30N2O6. The van der Waals surface area contributed by atoms with Crippen molar-refractivity contribution in [3.05, 3.63) is 47.5 Å². The number of carbonyl (C=O) groups is 3. The first-order valence-electron chi connectivity index (χ1n) is 10.7. The molecular weight excluding hydrogens is 424 g/mol. The Labute approximate surface area is 193 Å². The second-order valence-corrected chi connectivity index (χ2v) is 8.87. The Bertz CT molecular complexity index is 1070. The van der Waals surface area contributed by atoms with E-state index in [0.717, 1.165) is 17.7 Å². The largest absolute Gasteiger partial charge is 0.493 e. The highest BCUT2D eigenvalue weighted by Gasteiger charge is 2.31. The van der Waals surface area contributed by atoms with Gasteiger partial charge in [0.2, 0.25) is 5.91 Å². The first-order valence-corrected chi connectivity index (χ1v) is 10.7. The number of nitrogens with one attached hydrogen (secondary N) is 1. The van der Waals surface area contributed by atoms with E-state index in [0.29, 0.717) is 18.0 Å². The molecule has 1 aliphatic rings. The second kappa shape index (κ2) is 9.52. The Morgan fingerprint density at radius 2 is 1.67 bits per heavy atom. The molecule has 1 atom stereocenters. The quantitative estimate of drug-likeness (QED) is 0.667. The molecule has 1 heterocycles. The van der Waals surface area contributed by atoms with Gasteiger partial charge in [-0.1, -0.05) is 39.0 Å². The number of methoxy groups -OCH3 is 2. The van der Waals surface area contributed by atoms with Crippen LogP contribution in [0.4, 0.5) is 11.4 Å². The van der Waals surface area contributed by atoms with Crippen LogP contribution in [-0.4, -0.2) is 44.7 Å². The number of para-hydroxylation sites is 1. The minimum absolute atomic E-state index is 0.0618. The van der Waals surface area contributed by atoms with E-state index in [-0.39, 0.29) is 23.1 Å². The Balaban J connectivity index is 1.86. The molecule has 1 aliphatic heterocycles. The molecule has 2 amide bonds. The Morgan fingerprint density at radius 3 is 2.30 bits per heavy atom. The molecule has 0 fully saturated rings. The third-order valence-electron chi connectivity index (χ3n) is 5.46. The maximum atomic E-state index is 13.1. The number of ether oxygens (including phenoxy) is 3. The Hall–Kier alpha value is -3.55. The number of benzene rings is 2. The normalized spacial score (nSPS) is 13.7. The maximum Gasteiger partial charge on any atom is 0.341 e. The third-order valence-corrected chi connectivity index (χ3v) is 5.46. The van der Waals surface area contributed by atoms with Crippen LogP contribution in [-0.2, 0) is 20.7 Å². The SMILES string of the molecule is COc1cc(NC(=O)C(C)(C)C)c(C(=O)O[C@H](C)C(=O)N2CCc3ccccc32)cc1OC. The third kappa shape index (κ3) is 5.10. The number of amides is 2. The summed E-state index contributed by atoms with van der Waals surface area (Å²) in [6.45, 7) is 7.35. The second-order valence-electron chi connectivity index (χ2n) is 8.87. The van der Waals surface area contributed by atoms with Crippen molar-refractivity contribution in [2.45, 2.75) is 40.2 Å². The van der Waals surface area contributed by atoms with Crippen molar-refractivity contribution in [2.75, 3.05) is 31.0 Å². The van der Waals surface area contributed by atoms with Crippen molar-refractivity contribution in [1.82, 2.24) is 0 Å². The number of hydrogen-bond acceptors (Lipinski definition) is 6. The zero-order valence-corrected chi connectivity index (χ0v) is 19.9. The minimum atomic E-state index is -1.03. The molecule has 0 aromatic heterocycles. The van der Waals surface area contributed by atoms with Crippen LogP contribution in [0.2, 0.25) is 0 Å². The molecule has 3 rings (SSSR count). The zero-order valence-electron chi connectivity index (χ0n) is 19.9. The van der Waals surface area contributed by atoms with E-state index in [1.165, 1.54) is 33.3 Å². The van der Waals surface area contributed by atoms with E-state index in [2.05, 4.69) is 5.32 Å². The molecule has 1 N–H and O–H groups in total. The van der Waals surface area contributed by atoms with Crippen LogP contribution in [0.25, 0.3) is 0 Å². The average molecular weight is 455 g/mol. The van der Waals surface area contributed by atoms with Crippen molar-refractivity contribution in [3.63, 3.8) is 0 Å². The Morgan fingerprint density at radius 1 is 1.03 bits per heavy atom. The number of nitrogens with zero attached hydrogens (tertiary/aromatic N) is 1. The highest BCUT2D eigenvalue weighted by molar-refractivity contribution is 6.05. The fourth-order valence-corrected chi connectivity index (χ4v) is 3.52. The van der Waals surface area contributed by atoms with Gasteiger partial charge in [0.15, 0.2) is 17.6 Å². The van der Waals surface area contributed by atoms with Gasteiger partial charge in [-0.05, 0) is 25.0 Å². The van der Waals surface area contributed by atoms with Crippen molar-refractivity contribution < 1.29 is 28.6 Å². The van der Waals surface area contributed by atoms with Crippen molar-refractivity contribution in [1.29, 1.82) is 0 Å². The molecule has 176 valence electrons. The van der Waals surface area contributed by atoms with Crippen LogP contribution in [0.5, 0.6) is 11.5 Å². The van der Waals surface area contributed by atoms with Crippen LogP contribution >= 0.6 is 0 Å². The molecule has 33 heavy (non-hydrogen) atoms. The van der Waals surface area contributed by atoms with Gasteiger partial charge in [0.25, 0.3) is 5.91 Å². The zero-order chi connectivity index (χ0) is 24.3. The van der Waals surface area contributed by atoms with Crippen LogP contribution in [0.3, 0.4) is 0 Å². The van der Waals surface area contributed by atoms with Gasteiger partial charge in [0.05, 0.1) is 25.5 Å². The van der Waals surface area contributed by atoms with Gasteiger partial charge in [0, 0.05) is 29.8 Å². The van der Waals surface area contributed by atoms with Gasteiger partial charge in [0.1, 0.15) is 0 Å². The van der Waals surface area contributed by atoms with Crippen LogP contribution in [0.15, 0.2) is 36.4 Å². The Kier molecular flexibility index (Phi) is 6.95. The molecule has 0 unspecified atom stereocenters. The van der Waals surface area contributed by atoms with E-state index in [1.807, 2.05) is 24.3 Å². The smallest absolute Gasteiger partial charge is 0.341 e. The summed E-state index contributed by atoms with van der Waals surface area (Å²) in [4.78, 5) is 40.3. The van der Waals surface area contributed by atoms with Crippen LogP contribution in [0, 0.1) is 5.41 Å². The highest BCUT2D eigenvalue weighted by Crippen LogP contribution is 2.35. The van der Waals surface area contributed by atoms with Gasteiger partial charge in [-0.3, -0.25) is 9.59 Å². The van der Waals surface area contributed by atoms with Gasteiger partial charge in [-0.25, -0.2) is 4.79 Å². The maximum absolute atomic E-state index is 13.1. The predicted octanol–water partition coefficient (Wildman–Crippen LogP) is 3.82. The van der Waals surface area contributed by atoms with Crippen molar-refractivity contribution >= 4 is 29.2 Å². The summed E-state index contributed by atoms with van der Waals surface area (Å²) in [5.41, 5.74) is 1.49. The van der Waals surface area contributed by atoms with E-state index in [4.69, 9.17) is 14.2 Å². The number of rotatable bonds is 6. The van der Waals surface area contributed by atoms with E-state index in [1.54, 1.807) is 25.7 Å². The van der Waals surface area contributed by atoms with Crippen LogP contribution < -0.4 is 19.7 Å². The summed E-state index contributed by atoms with van der Waals surface area (Å²) >= 11 is 0. The summed E-state index contributed by atoms with van der Waals surface area (Å²) in [6.07, 6.45) is -0.274. The van der Waals surface area contributed by atoms with E-state index >= 15 is 0 Å². The monoisotopic (exact) mass is 454 g/mol. The highest BCUT2D eigenvalue weighted by atomic mass is 16.5. The number of anilines is 2. The lowest BCUT2D eigenvalue weighted by Gasteiger charge is -2.23. The summed E-state index contributed by atoms with van der Waals surface area (Å²) < 4.78 is 16.1. The van der Waals surface area contributed by atoms with Crippen LogP contribution in [0.1, 0.15) is 43.6 Å². The molecule has 0 radical (unpaired) electrons. The number of fused-ring (bicyclic) bond motifs is 1. The molecule has 8 heteroatoms. The van der Waals surface area contributed by atoms with Crippen molar-refractivity contribution in [2.24, 2.45) is 5.41 Å². The molecule has 0 bridgehead atoms. The fraction of sp³-hybridized carbons (Fsp3) is 0.400.